The highest BCUT2D eigenvalue weighted by molar-refractivity contribution is 6.30. The monoisotopic (exact) mass is 394 g/mol. The molecule has 6 nitrogen and oxygen atoms in total. The summed E-state index contributed by atoms with van der Waals surface area (Å²) in [6.07, 6.45) is 3.21. The van der Waals surface area contributed by atoms with Gasteiger partial charge in [-0.15, -0.1) is 0 Å². The Bertz CT molecular complexity index is 944. The minimum absolute atomic E-state index is 0.220. The van der Waals surface area contributed by atoms with Crippen LogP contribution in [0.25, 0.3) is 0 Å². The number of halogens is 1. The molecule has 28 heavy (non-hydrogen) atoms. The summed E-state index contributed by atoms with van der Waals surface area (Å²) in [7, 11) is 0. The number of carbonyl (C=O) groups is 2. The number of nitrogens with zero attached hydrogens (tertiary/aromatic N) is 1. The lowest BCUT2D eigenvalue weighted by Crippen LogP contribution is -2.31. The van der Waals surface area contributed by atoms with Crippen LogP contribution >= 0.6 is 11.6 Å². The molecule has 0 saturated heterocycles. The average Bonchev–Trinajstić information content (AvgIpc) is 2.73. The second-order valence-corrected chi connectivity index (χ2v) is 6.57. The van der Waals surface area contributed by atoms with Crippen molar-refractivity contribution < 1.29 is 9.59 Å². The summed E-state index contributed by atoms with van der Waals surface area (Å²) in [4.78, 5) is 28.3. The van der Waals surface area contributed by atoms with Crippen LogP contribution in [0.5, 0.6) is 0 Å². The van der Waals surface area contributed by atoms with Gasteiger partial charge in [0.05, 0.1) is 0 Å². The third-order valence-corrected chi connectivity index (χ3v) is 4.38. The maximum absolute atomic E-state index is 12.3. The van der Waals surface area contributed by atoms with Crippen molar-refractivity contribution in [3.63, 3.8) is 0 Å². The molecule has 0 saturated carbocycles. The van der Waals surface area contributed by atoms with Crippen LogP contribution < -0.4 is 16.4 Å². The van der Waals surface area contributed by atoms with Crippen LogP contribution in [0.3, 0.4) is 0 Å². The van der Waals surface area contributed by atoms with E-state index in [1.807, 2.05) is 0 Å². The molecule has 0 fully saturated rings. The molecule has 1 unspecified atom stereocenters. The van der Waals surface area contributed by atoms with E-state index in [0.717, 1.165) is 5.56 Å². The quantitative estimate of drug-likeness (QED) is 0.596. The maximum Gasteiger partial charge on any atom is 0.255 e. The molecule has 0 spiro atoms. The van der Waals surface area contributed by atoms with Crippen molar-refractivity contribution in [2.24, 2.45) is 5.73 Å². The largest absolute Gasteiger partial charge is 0.350 e. The first-order valence-electron chi connectivity index (χ1n) is 8.63. The molecular weight excluding hydrogens is 376 g/mol. The van der Waals surface area contributed by atoms with Gasteiger partial charge in [-0.3, -0.25) is 14.6 Å². The minimum Gasteiger partial charge on any atom is -0.350 e. The summed E-state index contributed by atoms with van der Waals surface area (Å²) in [5, 5.41) is 6.16. The van der Waals surface area contributed by atoms with Crippen LogP contribution in [-0.2, 0) is 0 Å². The van der Waals surface area contributed by atoms with Crippen LogP contribution in [-0.4, -0.2) is 23.3 Å². The van der Waals surface area contributed by atoms with Crippen LogP contribution in [0.4, 0.5) is 5.69 Å². The molecular formula is C21H19ClN4O2. The van der Waals surface area contributed by atoms with E-state index in [0.29, 0.717) is 21.8 Å². The van der Waals surface area contributed by atoms with Gasteiger partial charge in [-0.25, -0.2) is 0 Å². The number of amides is 2. The van der Waals surface area contributed by atoms with Gasteiger partial charge >= 0.3 is 0 Å². The first kappa shape index (κ1) is 19.5. The lowest BCUT2D eigenvalue weighted by molar-refractivity contribution is 0.0950. The Morgan fingerprint density at radius 1 is 0.893 bits per heavy atom. The van der Waals surface area contributed by atoms with E-state index in [9.17, 15) is 9.59 Å². The summed E-state index contributed by atoms with van der Waals surface area (Å²) in [6, 6.07) is 16.6. The Morgan fingerprint density at radius 3 is 2.11 bits per heavy atom. The highest BCUT2D eigenvalue weighted by atomic mass is 35.5. The maximum atomic E-state index is 12.3. The van der Waals surface area contributed by atoms with Gasteiger partial charge in [-0.1, -0.05) is 23.7 Å². The Morgan fingerprint density at radius 2 is 1.46 bits per heavy atom. The Labute approximate surface area is 167 Å². The molecule has 3 rings (SSSR count). The zero-order valence-corrected chi connectivity index (χ0v) is 15.7. The SMILES string of the molecule is NC(CNC(=O)c1ccc(Cl)cc1)c1ccc(C(=O)Nc2ccncc2)cc1. The van der Waals surface area contributed by atoms with Gasteiger partial charge in [-0.2, -0.15) is 0 Å². The van der Waals surface area contributed by atoms with Crippen molar-refractivity contribution in [3.8, 4) is 0 Å². The number of carbonyl (C=O) groups excluding carboxylic acids is 2. The molecule has 0 aliphatic carbocycles. The lowest BCUT2D eigenvalue weighted by atomic mass is 10.0. The van der Waals surface area contributed by atoms with E-state index >= 15 is 0 Å². The van der Waals surface area contributed by atoms with Crippen LogP contribution in [0.2, 0.25) is 5.02 Å². The topological polar surface area (TPSA) is 97.1 Å². The van der Waals surface area contributed by atoms with Crippen LogP contribution in [0, 0.1) is 0 Å². The van der Waals surface area contributed by atoms with Crippen molar-refractivity contribution >= 4 is 29.1 Å². The zero-order chi connectivity index (χ0) is 19.9. The number of hydrogen-bond acceptors (Lipinski definition) is 4. The number of rotatable bonds is 6. The predicted molar refractivity (Wildman–Crippen MR) is 109 cm³/mol. The number of hydrogen-bond donors (Lipinski definition) is 3. The van der Waals surface area contributed by atoms with Crippen LogP contribution in [0.15, 0.2) is 73.1 Å². The summed E-state index contributed by atoms with van der Waals surface area (Å²) in [5.41, 5.74) is 8.67. The van der Waals surface area contributed by atoms with Crippen molar-refractivity contribution in [2.75, 3.05) is 11.9 Å². The van der Waals surface area contributed by atoms with Gasteiger partial charge in [0, 0.05) is 46.8 Å². The van der Waals surface area contributed by atoms with Crippen molar-refractivity contribution in [2.45, 2.75) is 6.04 Å². The highest BCUT2D eigenvalue weighted by Crippen LogP contribution is 2.14. The summed E-state index contributed by atoms with van der Waals surface area (Å²) in [5.74, 6) is -0.442. The molecule has 1 atom stereocenters. The minimum atomic E-state index is -0.395. The van der Waals surface area contributed by atoms with Crippen molar-refractivity contribution in [1.29, 1.82) is 0 Å². The number of anilines is 1. The van der Waals surface area contributed by atoms with E-state index in [-0.39, 0.29) is 18.4 Å². The van der Waals surface area contributed by atoms with Gasteiger partial charge in [0.25, 0.3) is 11.8 Å². The Hall–Kier alpha value is -3.22. The smallest absolute Gasteiger partial charge is 0.255 e. The van der Waals surface area contributed by atoms with Gasteiger partial charge in [0.15, 0.2) is 0 Å². The molecule has 1 aromatic heterocycles. The molecule has 0 radical (unpaired) electrons. The number of pyridine rings is 1. The average molecular weight is 395 g/mol. The number of nitrogens with one attached hydrogen (secondary N) is 2. The molecule has 2 amide bonds. The van der Waals surface area contributed by atoms with E-state index < -0.39 is 6.04 Å². The molecule has 7 heteroatoms. The van der Waals surface area contributed by atoms with Crippen molar-refractivity contribution in [3.05, 3.63) is 94.8 Å². The Kier molecular flexibility index (Phi) is 6.37. The fourth-order valence-corrected chi connectivity index (χ4v) is 2.67. The second kappa shape index (κ2) is 9.12. The molecule has 3 aromatic rings. The van der Waals surface area contributed by atoms with E-state index in [4.69, 9.17) is 17.3 Å². The molecule has 0 bridgehead atoms. The summed E-state index contributed by atoms with van der Waals surface area (Å²) < 4.78 is 0. The van der Waals surface area contributed by atoms with E-state index in [2.05, 4.69) is 15.6 Å². The molecule has 1 heterocycles. The van der Waals surface area contributed by atoms with E-state index in [1.54, 1.807) is 73.1 Å². The molecule has 0 aliphatic heterocycles. The van der Waals surface area contributed by atoms with Gasteiger partial charge in [0.2, 0.25) is 0 Å². The fraction of sp³-hybridized carbons (Fsp3) is 0.0952. The predicted octanol–water partition coefficient (Wildman–Crippen LogP) is 3.42. The number of aromatic nitrogens is 1. The Balaban J connectivity index is 1.55. The van der Waals surface area contributed by atoms with Crippen LogP contribution in [0.1, 0.15) is 32.3 Å². The third kappa shape index (κ3) is 5.16. The molecule has 0 aliphatic rings. The third-order valence-electron chi connectivity index (χ3n) is 4.13. The number of benzene rings is 2. The summed E-state index contributed by atoms with van der Waals surface area (Å²) in [6.45, 7) is 0.268. The first-order valence-corrected chi connectivity index (χ1v) is 9.01. The summed E-state index contributed by atoms with van der Waals surface area (Å²) >= 11 is 5.82. The number of nitrogens with two attached hydrogens (primary N) is 1. The molecule has 4 N–H and O–H groups in total. The lowest BCUT2D eigenvalue weighted by Gasteiger charge is -2.14. The molecule has 2 aromatic carbocycles. The standard InChI is InChI=1S/C21H19ClN4O2/c22-17-7-5-15(6-8-17)20(27)25-13-19(23)14-1-3-16(4-2-14)21(28)26-18-9-11-24-12-10-18/h1-12,19H,13,23H2,(H,25,27)(H,24,26,28). The normalized spacial score (nSPS) is 11.5. The molecule has 142 valence electrons. The van der Waals surface area contributed by atoms with Gasteiger partial charge in [-0.05, 0) is 54.1 Å². The zero-order valence-electron chi connectivity index (χ0n) is 14.9. The fourth-order valence-electron chi connectivity index (χ4n) is 2.54. The first-order chi connectivity index (χ1) is 13.5. The second-order valence-electron chi connectivity index (χ2n) is 6.14. The highest BCUT2D eigenvalue weighted by Gasteiger charge is 2.11. The van der Waals surface area contributed by atoms with Gasteiger partial charge in [0.1, 0.15) is 0 Å². The van der Waals surface area contributed by atoms with Crippen molar-refractivity contribution in [1.82, 2.24) is 10.3 Å². The van der Waals surface area contributed by atoms with E-state index in [1.165, 1.54) is 0 Å². The van der Waals surface area contributed by atoms with Gasteiger partial charge < -0.3 is 16.4 Å².